The standard InChI is InChI=1S/C12H15BrClN3O/c1-7-11(13)10(17(3)16-7)6-9(15-2)8-4-5-18-12(8)14/h4-5,9,15H,6H2,1-3H3. The molecular weight excluding hydrogens is 318 g/mol. The highest BCUT2D eigenvalue weighted by molar-refractivity contribution is 9.10. The van der Waals surface area contributed by atoms with Gasteiger partial charge in [-0.1, -0.05) is 0 Å². The number of likely N-dealkylation sites (N-methyl/N-ethyl adjacent to an activating group) is 1. The van der Waals surface area contributed by atoms with Crippen molar-refractivity contribution in [1.82, 2.24) is 15.1 Å². The first-order valence-corrected chi connectivity index (χ1v) is 6.79. The van der Waals surface area contributed by atoms with Crippen molar-refractivity contribution < 1.29 is 4.42 Å². The van der Waals surface area contributed by atoms with E-state index in [4.69, 9.17) is 16.0 Å². The molecule has 0 spiro atoms. The van der Waals surface area contributed by atoms with E-state index in [-0.39, 0.29) is 6.04 Å². The molecule has 1 unspecified atom stereocenters. The predicted octanol–water partition coefficient (Wildman–Crippen LogP) is 3.24. The minimum absolute atomic E-state index is 0.0994. The van der Waals surface area contributed by atoms with E-state index in [2.05, 4.69) is 26.3 Å². The van der Waals surface area contributed by atoms with E-state index < -0.39 is 0 Å². The van der Waals surface area contributed by atoms with Crippen LogP contribution < -0.4 is 5.32 Å². The number of hydrogen-bond donors (Lipinski definition) is 1. The molecule has 6 heteroatoms. The maximum Gasteiger partial charge on any atom is 0.197 e. The first kappa shape index (κ1) is 13.6. The second-order valence-corrected chi connectivity index (χ2v) is 5.30. The van der Waals surface area contributed by atoms with Crippen molar-refractivity contribution in [3.63, 3.8) is 0 Å². The van der Waals surface area contributed by atoms with E-state index in [9.17, 15) is 0 Å². The topological polar surface area (TPSA) is 43.0 Å². The molecule has 4 nitrogen and oxygen atoms in total. The van der Waals surface area contributed by atoms with E-state index in [0.29, 0.717) is 5.22 Å². The van der Waals surface area contributed by atoms with Gasteiger partial charge >= 0.3 is 0 Å². The van der Waals surface area contributed by atoms with Gasteiger partial charge in [-0.15, -0.1) is 0 Å². The number of rotatable bonds is 4. The van der Waals surface area contributed by atoms with Gasteiger partial charge in [0.05, 0.1) is 22.1 Å². The second kappa shape index (κ2) is 5.47. The Hall–Kier alpha value is -0.780. The lowest BCUT2D eigenvalue weighted by molar-refractivity contribution is 0.533. The Labute approximate surface area is 119 Å². The molecule has 0 aliphatic heterocycles. The summed E-state index contributed by atoms with van der Waals surface area (Å²) in [5.74, 6) is 0. The molecule has 0 saturated heterocycles. The summed E-state index contributed by atoms with van der Waals surface area (Å²) in [5, 5.41) is 8.07. The Morgan fingerprint density at radius 3 is 2.78 bits per heavy atom. The predicted molar refractivity (Wildman–Crippen MR) is 74.9 cm³/mol. The lowest BCUT2D eigenvalue weighted by atomic mass is 10.1. The Kier molecular flexibility index (Phi) is 4.14. The fraction of sp³-hybridized carbons (Fsp3) is 0.417. The van der Waals surface area contributed by atoms with Gasteiger partial charge in [0.2, 0.25) is 0 Å². The second-order valence-electron chi connectivity index (χ2n) is 4.16. The van der Waals surface area contributed by atoms with Crippen LogP contribution in [0.25, 0.3) is 0 Å². The molecule has 18 heavy (non-hydrogen) atoms. The fourth-order valence-electron chi connectivity index (χ4n) is 2.02. The number of nitrogens with zero attached hydrogens (tertiary/aromatic N) is 2. The van der Waals surface area contributed by atoms with Crippen LogP contribution in [0, 0.1) is 6.92 Å². The molecule has 2 aromatic heterocycles. The van der Waals surface area contributed by atoms with Gasteiger partial charge in [-0.3, -0.25) is 4.68 Å². The van der Waals surface area contributed by atoms with Gasteiger partial charge in [0.25, 0.3) is 0 Å². The molecule has 0 aliphatic rings. The van der Waals surface area contributed by atoms with Gasteiger partial charge in [-0.05, 0) is 47.6 Å². The Morgan fingerprint density at radius 1 is 1.61 bits per heavy atom. The number of aromatic nitrogens is 2. The van der Waals surface area contributed by atoms with Gasteiger partial charge in [0.1, 0.15) is 0 Å². The number of hydrogen-bond acceptors (Lipinski definition) is 3. The Bertz CT molecular complexity index is 550. The quantitative estimate of drug-likeness (QED) is 0.934. The number of halogens is 2. The molecule has 0 bridgehead atoms. The van der Waals surface area contributed by atoms with Gasteiger partial charge in [0, 0.05) is 25.1 Å². The van der Waals surface area contributed by atoms with Crippen molar-refractivity contribution in [3.8, 4) is 0 Å². The average Bonchev–Trinajstić information content (AvgIpc) is 2.84. The van der Waals surface area contributed by atoms with Crippen LogP contribution in [0.2, 0.25) is 5.22 Å². The van der Waals surface area contributed by atoms with E-state index in [1.165, 1.54) is 0 Å². The van der Waals surface area contributed by atoms with Gasteiger partial charge in [-0.2, -0.15) is 5.10 Å². The molecular formula is C12H15BrClN3O. The zero-order chi connectivity index (χ0) is 13.3. The molecule has 1 N–H and O–H groups in total. The van der Waals surface area contributed by atoms with Crippen LogP contribution in [0.1, 0.15) is 23.0 Å². The summed E-state index contributed by atoms with van der Waals surface area (Å²) in [4.78, 5) is 0. The summed E-state index contributed by atoms with van der Waals surface area (Å²) in [5.41, 5.74) is 3.08. The summed E-state index contributed by atoms with van der Waals surface area (Å²) in [6.07, 6.45) is 2.39. The zero-order valence-corrected chi connectivity index (χ0v) is 12.8. The Balaban J connectivity index is 2.29. The third kappa shape index (κ3) is 2.48. The third-order valence-electron chi connectivity index (χ3n) is 3.03. The first-order valence-electron chi connectivity index (χ1n) is 5.62. The van der Waals surface area contributed by atoms with Crippen LogP contribution in [0.5, 0.6) is 0 Å². The van der Waals surface area contributed by atoms with Crippen LogP contribution >= 0.6 is 27.5 Å². The monoisotopic (exact) mass is 331 g/mol. The number of furan rings is 1. The molecule has 2 aromatic rings. The van der Waals surface area contributed by atoms with E-state index in [0.717, 1.165) is 27.8 Å². The number of aryl methyl sites for hydroxylation is 2. The highest BCUT2D eigenvalue weighted by atomic mass is 79.9. The van der Waals surface area contributed by atoms with Crippen molar-refractivity contribution in [1.29, 1.82) is 0 Å². The third-order valence-corrected chi connectivity index (χ3v) is 4.37. The molecule has 1 atom stereocenters. The van der Waals surface area contributed by atoms with Crippen molar-refractivity contribution in [2.24, 2.45) is 7.05 Å². The van der Waals surface area contributed by atoms with Gasteiger partial charge in [0.15, 0.2) is 5.22 Å². The Morgan fingerprint density at radius 2 is 2.33 bits per heavy atom. The molecule has 2 rings (SSSR count). The van der Waals surface area contributed by atoms with Crippen molar-refractivity contribution in [2.75, 3.05) is 7.05 Å². The maximum atomic E-state index is 6.02. The molecule has 0 aromatic carbocycles. The minimum Gasteiger partial charge on any atom is -0.453 e. The molecule has 0 saturated carbocycles. The fourth-order valence-corrected chi connectivity index (χ4v) is 2.76. The van der Waals surface area contributed by atoms with Gasteiger partial charge < -0.3 is 9.73 Å². The largest absolute Gasteiger partial charge is 0.453 e. The summed E-state index contributed by atoms with van der Waals surface area (Å²) in [6, 6.07) is 1.99. The van der Waals surface area contributed by atoms with Crippen molar-refractivity contribution in [3.05, 3.63) is 39.0 Å². The van der Waals surface area contributed by atoms with Crippen LogP contribution in [0.4, 0.5) is 0 Å². The van der Waals surface area contributed by atoms with Crippen LogP contribution in [-0.2, 0) is 13.5 Å². The van der Waals surface area contributed by atoms with Crippen LogP contribution in [0.3, 0.4) is 0 Å². The molecule has 0 aliphatic carbocycles. The molecule has 0 fully saturated rings. The first-order chi connectivity index (χ1) is 8.54. The highest BCUT2D eigenvalue weighted by Gasteiger charge is 2.20. The van der Waals surface area contributed by atoms with Crippen molar-refractivity contribution >= 4 is 27.5 Å². The summed E-state index contributed by atoms with van der Waals surface area (Å²) in [7, 11) is 3.85. The van der Waals surface area contributed by atoms with Crippen molar-refractivity contribution in [2.45, 2.75) is 19.4 Å². The summed E-state index contributed by atoms with van der Waals surface area (Å²) < 4.78 is 8.07. The van der Waals surface area contributed by atoms with E-state index in [1.807, 2.05) is 31.8 Å². The highest BCUT2D eigenvalue weighted by Crippen LogP contribution is 2.29. The lowest BCUT2D eigenvalue weighted by Gasteiger charge is -2.15. The number of nitrogens with one attached hydrogen (secondary N) is 1. The van der Waals surface area contributed by atoms with Crippen LogP contribution in [0.15, 0.2) is 21.2 Å². The van der Waals surface area contributed by atoms with E-state index in [1.54, 1.807) is 6.26 Å². The smallest absolute Gasteiger partial charge is 0.197 e. The molecule has 98 valence electrons. The molecule has 0 amide bonds. The maximum absolute atomic E-state index is 6.02. The normalized spacial score (nSPS) is 12.9. The van der Waals surface area contributed by atoms with Gasteiger partial charge in [-0.25, -0.2) is 0 Å². The summed E-state index contributed by atoms with van der Waals surface area (Å²) >= 11 is 9.60. The SMILES string of the molecule is CNC(Cc1c(Br)c(C)nn1C)c1ccoc1Cl. The average molecular weight is 333 g/mol. The zero-order valence-electron chi connectivity index (χ0n) is 10.5. The molecule has 0 radical (unpaired) electrons. The van der Waals surface area contributed by atoms with Crippen LogP contribution in [-0.4, -0.2) is 16.8 Å². The molecule has 2 heterocycles. The van der Waals surface area contributed by atoms with E-state index >= 15 is 0 Å². The summed E-state index contributed by atoms with van der Waals surface area (Å²) in [6.45, 7) is 1.98. The minimum atomic E-state index is 0.0994. The lowest BCUT2D eigenvalue weighted by Crippen LogP contribution is -2.20.